The van der Waals surface area contributed by atoms with Crippen LogP contribution in [-0.4, -0.2) is 37.9 Å². The summed E-state index contributed by atoms with van der Waals surface area (Å²) >= 11 is 0. The summed E-state index contributed by atoms with van der Waals surface area (Å²) in [6.07, 6.45) is 0. The summed E-state index contributed by atoms with van der Waals surface area (Å²) in [4.78, 5) is 17.2. The number of hydrogen-bond donors (Lipinski definition) is 0. The van der Waals surface area contributed by atoms with E-state index >= 15 is 0 Å². The number of sulfonamides is 1. The molecule has 0 saturated heterocycles. The molecular formula is C23H24N2O4S. The highest BCUT2D eigenvalue weighted by Crippen LogP contribution is 2.22. The van der Waals surface area contributed by atoms with Crippen molar-refractivity contribution in [1.82, 2.24) is 9.37 Å². The molecule has 0 aliphatic rings. The minimum atomic E-state index is -3.79. The zero-order chi connectivity index (χ0) is 21.6. The Kier molecular flexibility index (Phi) is 6.99. The van der Waals surface area contributed by atoms with Gasteiger partial charge in [0.1, 0.15) is 0 Å². The molecule has 0 heterocycles. The van der Waals surface area contributed by atoms with Gasteiger partial charge in [0.15, 0.2) is 0 Å². The molecule has 0 N–H and O–H groups in total. The van der Waals surface area contributed by atoms with Crippen LogP contribution in [0.15, 0.2) is 89.8 Å². The number of hydroxylamine groups is 2. The molecule has 0 aliphatic heterocycles. The van der Waals surface area contributed by atoms with Crippen LogP contribution >= 0.6 is 0 Å². The SMILES string of the molecule is CON(C)C(=O)c1ccc(S(=O)(=O)N(Cc2ccccc2)Cc2ccccc2)cc1. The Balaban J connectivity index is 1.91. The highest BCUT2D eigenvalue weighted by molar-refractivity contribution is 7.89. The van der Waals surface area contributed by atoms with Crippen LogP contribution in [0.3, 0.4) is 0 Å². The predicted molar refractivity (Wildman–Crippen MR) is 115 cm³/mol. The summed E-state index contributed by atoms with van der Waals surface area (Å²) < 4.78 is 28.3. The fraction of sp³-hybridized carbons (Fsp3) is 0.174. The summed E-state index contributed by atoms with van der Waals surface area (Å²) in [5.41, 5.74) is 2.13. The normalized spacial score (nSPS) is 11.4. The zero-order valence-corrected chi connectivity index (χ0v) is 17.7. The van der Waals surface area contributed by atoms with E-state index in [9.17, 15) is 13.2 Å². The van der Waals surface area contributed by atoms with Gasteiger partial charge >= 0.3 is 0 Å². The first kappa shape index (κ1) is 21.7. The average Bonchev–Trinajstić information content (AvgIpc) is 2.79. The molecule has 0 bridgehead atoms. The molecule has 3 aromatic carbocycles. The number of amides is 1. The third-order valence-corrected chi connectivity index (χ3v) is 6.51. The molecule has 6 nitrogen and oxygen atoms in total. The van der Waals surface area contributed by atoms with Gasteiger partial charge < -0.3 is 0 Å². The molecule has 7 heteroatoms. The number of hydrogen-bond acceptors (Lipinski definition) is 4. The highest BCUT2D eigenvalue weighted by Gasteiger charge is 2.25. The lowest BCUT2D eigenvalue weighted by Crippen LogP contribution is -2.30. The molecule has 0 aromatic heterocycles. The van der Waals surface area contributed by atoms with Crippen LogP contribution in [0.25, 0.3) is 0 Å². The third-order valence-electron chi connectivity index (χ3n) is 4.70. The van der Waals surface area contributed by atoms with Gasteiger partial charge in [0, 0.05) is 25.7 Å². The van der Waals surface area contributed by atoms with E-state index in [0.29, 0.717) is 5.56 Å². The molecule has 0 spiro atoms. The maximum atomic E-state index is 13.4. The Labute approximate surface area is 177 Å². The van der Waals surface area contributed by atoms with Gasteiger partial charge in [-0.3, -0.25) is 9.63 Å². The molecule has 156 valence electrons. The van der Waals surface area contributed by atoms with Crippen LogP contribution in [0, 0.1) is 0 Å². The second kappa shape index (κ2) is 9.67. The van der Waals surface area contributed by atoms with Crippen LogP contribution in [0.4, 0.5) is 0 Å². The summed E-state index contributed by atoms with van der Waals surface area (Å²) in [5.74, 6) is -0.355. The van der Waals surface area contributed by atoms with Crippen molar-refractivity contribution < 1.29 is 18.0 Å². The van der Waals surface area contributed by atoms with Gasteiger partial charge in [-0.25, -0.2) is 13.5 Å². The number of nitrogens with zero attached hydrogens (tertiary/aromatic N) is 2. The van der Waals surface area contributed by atoms with Crippen LogP contribution < -0.4 is 0 Å². The molecule has 0 aliphatic carbocycles. The smallest absolute Gasteiger partial charge is 0.274 e. The lowest BCUT2D eigenvalue weighted by Gasteiger charge is -2.23. The lowest BCUT2D eigenvalue weighted by atomic mass is 10.2. The lowest BCUT2D eigenvalue weighted by molar-refractivity contribution is -0.0757. The van der Waals surface area contributed by atoms with Gasteiger partial charge in [0.05, 0.1) is 12.0 Å². The molecule has 3 rings (SSSR count). The van der Waals surface area contributed by atoms with Crippen LogP contribution in [0.2, 0.25) is 0 Å². The highest BCUT2D eigenvalue weighted by atomic mass is 32.2. The Morgan fingerprint density at radius 2 is 1.27 bits per heavy atom. The van der Waals surface area contributed by atoms with E-state index in [1.54, 1.807) is 0 Å². The summed E-state index contributed by atoms with van der Waals surface area (Å²) in [6.45, 7) is 0.482. The molecule has 30 heavy (non-hydrogen) atoms. The molecule has 0 saturated carbocycles. The minimum absolute atomic E-state index is 0.131. The van der Waals surface area contributed by atoms with Crippen molar-refractivity contribution in [3.63, 3.8) is 0 Å². The monoisotopic (exact) mass is 424 g/mol. The van der Waals surface area contributed by atoms with E-state index in [0.717, 1.165) is 16.2 Å². The standard InChI is InChI=1S/C23H24N2O4S/c1-24(29-2)23(26)21-13-15-22(16-14-21)30(27,28)25(17-19-9-5-3-6-10-19)18-20-11-7-4-8-12-20/h3-16H,17-18H2,1-2H3. The molecule has 3 aromatic rings. The second-order valence-electron chi connectivity index (χ2n) is 6.75. The molecule has 1 amide bonds. The van der Waals surface area contributed by atoms with Crippen molar-refractivity contribution in [2.75, 3.05) is 14.2 Å². The van der Waals surface area contributed by atoms with Crippen molar-refractivity contribution >= 4 is 15.9 Å². The van der Waals surface area contributed by atoms with E-state index in [2.05, 4.69) is 0 Å². The fourth-order valence-electron chi connectivity index (χ4n) is 2.98. The van der Waals surface area contributed by atoms with E-state index in [4.69, 9.17) is 4.84 Å². The second-order valence-corrected chi connectivity index (χ2v) is 8.69. The van der Waals surface area contributed by atoms with Crippen LogP contribution in [0.5, 0.6) is 0 Å². The fourth-order valence-corrected chi connectivity index (χ4v) is 4.40. The van der Waals surface area contributed by atoms with Gasteiger partial charge in [-0.15, -0.1) is 0 Å². The van der Waals surface area contributed by atoms with Crippen LogP contribution in [0.1, 0.15) is 21.5 Å². The van der Waals surface area contributed by atoms with Gasteiger partial charge in [-0.2, -0.15) is 4.31 Å². The Hall–Kier alpha value is -3.00. The summed E-state index contributed by atoms with van der Waals surface area (Å²) in [6, 6.07) is 24.8. The number of rotatable bonds is 8. The Morgan fingerprint density at radius 1 is 0.800 bits per heavy atom. The average molecular weight is 425 g/mol. The molecule has 0 unspecified atom stereocenters. The van der Waals surface area contributed by atoms with Gasteiger partial charge in [0.2, 0.25) is 10.0 Å². The number of benzene rings is 3. The first-order chi connectivity index (χ1) is 14.4. The van der Waals surface area contributed by atoms with Crippen molar-refractivity contribution in [1.29, 1.82) is 0 Å². The summed E-state index contributed by atoms with van der Waals surface area (Å²) in [7, 11) is -0.903. The number of carbonyl (C=O) groups excluding carboxylic acids is 1. The quantitative estimate of drug-likeness (QED) is 0.517. The van der Waals surface area contributed by atoms with Crippen molar-refractivity contribution in [2.24, 2.45) is 0 Å². The van der Waals surface area contributed by atoms with Crippen molar-refractivity contribution in [3.05, 3.63) is 102 Å². The maximum absolute atomic E-state index is 13.4. The third kappa shape index (κ3) is 5.13. The Bertz CT molecular complexity index is 1030. The van der Waals surface area contributed by atoms with E-state index in [1.165, 1.54) is 42.7 Å². The largest absolute Gasteiger partial charge is 0.277 e. The van der Waals surface area contributed by atoms with Gasteiger partial charge in [-0.05, 0) is 35.4 Å². The van der Waals surface area contributed by atoms with E-state index < -0.39 is 10.0 Å². The van der Waals surface area contributed by atoms with Crippen molar-refractivity contribution in [3.8, 4) is 0 Å². The van der Waals surface area contributed by atoms with Gasteiger partial charge in [0.25, 0.3) is 5.91 Å². The van der Waals surface area contributed by atoms with Gasteiger partial charge in [-0.1, -0.05) is 60.7 Å². The van der Waals surface area contributed by atoms with E-state index in [1.807, 2.05) is 60.7 Å². The first-order valence-corrected chi connectivity index (χ1v) is 10.9. The molecule has 0 atom stereocenters. The van der Waals surface area contributed by atoms with Crippen molar-refractivity contribution in [2.45, 2.75) is 18.0 Å². The predicted octanol–water partition coefficient (Wildman–Crippen LogP) is 3.71. The first-order valence-electron chi connectivity index (χ1n) is 9.42. The molecular weight excluding hydrogens is 400 g/mol. The maximum Gasteiger partial charge on any atom is 0.277 e. The van der Waals surface area contributed by atoms with Crippen LogP contribution in [-0.2, 0) is 28.0 Å². The molecule has 0 fully saturated rings. The van der Waals surface area contributed by atoms with E-state index in [-0.39, 0.29) is 23.9 Å². The zero-order valence-electron chi connectivity index (χ0n) is 16.9. The minimum Gasteiger partial charge on any atom is -0.274 e. The molecule has 0 radical (unpaired) electrons. The Morgan fingerprint density at radius 3 is 1.70 bits per heavy atom. The number of carbonyl (C=O) groups is 1. The summed E-state index contributed by atoms with van der Waals surface area (Å²) in [5, 5.41) is 1.08. The topological polar surface area (TPSA) is 66.9 Å².